The van der Waals surface area contributed by atoms with E-state index in [1.807, 2.05) is 80.6 Å². The highest BCUT2D eigenvalue weighted by molar-refractivity contribution is 6.02. The highest BCUT2D eigenvalue weighted by atomic mass is 16.6. The van der Waals surface area contributed by atoms with Gasteiger partial charge < -0.3 is 9.47 Å². The molecule has 0 unspecified atom stereocenters. The van der Waals surface area contributed by atoms with Crippen LogP contribution in [0.1, 0.15) is 48.9 Å². The maximum absolute atomic E-state index is 14.1. The first-order chi connectivity index (χ1) is 22.7. The second kappa shape index (κ2) is 13.3. The summed E-state index contributed by atoms with van der Waals surface area (Å²) in [5.74, 6) is 1.90. The fourth-order valence-electron chi connectivity index (χ4n) is 5.65. The summed E-state index contributed by atoms with van der Waals surface area (Å²) >= 11 is 0. The van der Waals surface area contributed by atoms with Gasteiger partial charge in [-0.05, 0) is 77.6 Å². The minimum atomic E-state index is -0.430. The van der Waals surface area contributed by atoms with Gasteiger partial charge in [-0.1, -0.05) is 68.4 Å². The molecule has 0 aliphatic rings. The Balaban J connectivity index is 1.51. The number of nitro groups is 1. The second-order valence-electron chi connectivity index (χ2n) is 11.5. The summed E-state index contributed by atoms with van der Waals surface area (Å²) in [7, 11) is 0. The van der Waals surface area contributed by atoms with Crippen molar-refractivity contribution in [3.63, 3.8) is 0 Å². The van der Waals surface area contributed by atoms with Crippen molar-refractivity contribution in [2.45, 2.75) is 40.2 Å². The van der Waals surface area contributed by atoms with Crippen LogP contribution in [0.15, 0.2) is 107 Å². The number of rotatable bonds is 10. The summed E-state index contributed by atoms with van der Waals surface area (Å²) in [6.07, 6.45) is 1.62. The van der Waals surface area contributed by atoms with E-state index in [4.69, 9.17) is 19.6 Å². The van der Waals surface area contributed by atoms with Gasteiger partial charge in [0.2, 0.25) is 0 Å². The lowest BCUT2D eigenvalue weighted by Crippen LogP contribution is -2.21. The van der Waals surface area contributed by atoms with Crippen molar-refractivity contribution in [3.05, 3.63) is 140 Å². The van der Waals surface area contributed by atoms with E-state index in [0.717, 1.165) is 33.2 Å². The third-order valence-electron chi connectivity index (χ3n) is 8.02. The van der Waals surface area contributed by atoms with Crippen LogP contribution in [-0.2, 0) is 6.61 Å². The van der Waals surface area contributed by atoms with Gasteiger partial charge in [0.15, 0.2) is 5.82 Å². The number of ether oxygens (including phenoxy) is 2. The molecule has 0 radical (unpaired) electrons. The third-order valence-corrected chi connectivity index (χ3v) is 8.02. The van der Waals surface area contributed by atoms with Gasteiger partial charge in [-0.2, -0.15) is 9.78 Å². The standard InChI is InChI=1S/C38H34N4O5/c1-5-46-36-19-25(4)32(21-31(36)24(2)3)37-40-34-16-9-8-15-30(34)38(43)41(37)39-22-33-29-14-7-6-12-27(29)17-18-35(33)47-23-26-11-10-13-28(20-26)42(44)45/h6-22,24H,5,23H2,1-4H3. The van der Waals surface area contributed by atoms with E-state index in [-0.39, 0.29) is 23.8 Å². The molecule has 6 rings (SSSR count). The molecule has 236 valence electrons. The van der Waals surface area contributed by atoms with Gasteiger partial charge in [0.25, 0.3) is 11.2 Å². The van der Waals surface area contributed by atoms with E-state index in [1.54, 1.807) is 24.4 Å². The largest absolute Gasteiger partial charge is 0.494 e. The van der Waals surface area contributed by atoms with E-state index in [2.05, 4.69) is 13.8 Å². The van der Waals surface area contributed by atoms with Crippen molar-refractivity contribution in [2.75, 3.05) is 6.61 Å². The number of hydrogen-bond donors (Lipinski definition) is 0. The van der Waals surface area contributed by atoms with E-state index < -0.39 is 4.92 Å². The van der Waals surface area contributed by atoms with Crippen LogP contribution in [0.3, 0.4) is 0 Å². The van der Waals surface area contributed by atoms with Crippen LogP contribution >= 0.6 is 0 Å². The molecule has 0 aliphatic carbocycles. The molecule has 0 saturated heterocycles. The molecule has 0 bridgehead atoms. The fourth-order valence-corrected chi connectivity index (χ4v) is 5.65. The van der Waals surface area contributed by atoms with Crippen molar-refractivity contribution in [2.24, 2.45) is 5.10 Å². The molecule has 0 spiro atoms. The number of nitro benzene ring substituents is 1. The van der Waals surface area contributed by atoms with Crippen LogP contribution < -0.4 is 15.0 Å². The molecular weight excluding hydrogens is 592 g/mol. The third kappa shape index (κ3) is 6.33. The van der Waals surface area contributed by atoms with Crippen LogP contribution in [0.4, 0.5) is 5.69 Å². The molecule has 47 heavy (non-hydrogen) atoms. The first kappa shape index (κ1) is 31.2. The summed E-state index contributed by atoms with van der Waals surface area (Å²) in [4.78, 5) is 29.9. The number of hydrogen-bond acceptors (Lipinski definition) is 7. The molecule has 9 heteroatoms. The van der Waals surface area contributed by atoms with E-state index in [0.29, 0.717) is 40.2 Å². The van der Waals surface area contributed by atoms with Gasteiger partial charge in [-0.15, -0.1) is 0 Å². The SMILES string of the molecule is CCOc1cc(C)c(-c2nc3ccccc3c(=O)n2N=Cc2c(OCc3cccc([N+](=O)[O-])c3)ccc3ccccc23)cc1C(C)C. The molecular formula is C38H34N4O5. The van der Waals surface area contributed by atoms with E-state index in [1.165, 1.54) is 16.8 Å². The second-order valence-corrected chi connectivity index (χ2v) is 11.5. The number of aromatic nitrogens is 2. The molecule has 9 nitrogen and oxygen atoms in total. The van der Waals surface area contributed by atoms with Gasteiger partial charge in [0.1, 0.15) is 18.1 Å². The Morgan fingerprint density at radius 1 is 0.915 bits per heavy atom. The van der Waals surface area contributed by atoms with Gasteiger partial charge in [0, 0.05) is 23.3 Å². The van der Waals surface area contributed by atoms with Crippen LogP contribution in [-0.4, -0.2) is 27.4 Å². The molecule has 6 aromatic rings. The molecule has 0 saturated carbocycles. The summed E-state index contributed by atoms with van der Waals surface area (Å²) in [6.45, 7) is 8.78. The molecule has 5 aromatic carbocycles. The minimum absolute atomic E-state index is 0.00712. The zero-order valence-electron chi connectivity index (χ0n) is 26.6. The van der Waals surface area contributed by atoms with Gasteiger partial charge >= 0.3 is 0 Å². The molecule has 0 fully saturated rings. The molecule has 0 N–H and O–H groups in total. The van der Waals surface area contributed by atoms with Crippen molar-refractivity contribution >= 4 is 33.6 Å². The van der Waals surface area contributed by atoms with Crippen molar-refractivity contribution in [3.8, 4) is 22.9 Å². The lowest BCUT2D eigenvalue weighted by molar-refractivity contribution is -0.384. The Labute approximate surface area is 271 Å². The van der Waals surface area contributed by atoms with Gasteiger partial charge in [-0.25, -0.2) is 4.98 Å². The smallest absolute Gasteiger partial charge is 0.282 e. The summed E-state index contributed by atoms with van der Waals surface area (Å²) in [5.41, 5.74) is 4.26. The maximum Gasteiger partial charge on any atom is 0.282 e. The molecule has 1 aromatic heterocycles. The lowest BCUT2D eigenvalue weighted by atomic mass is 9.96. The van der Waals surface area contributed by atoms with Gasteiger partial charge in [-0.3, -0.25) is 14.9 Å². The molecule has 0 amide bonds. The number of nitrogens with zero attached hydrogens (tertiary/aromatic N) is 4. The van der Waals surface area contributed by atoms with E-state index >= 15 is 0 Å². The van der Waals surface area contributed by atoms with Crippen LogP contribution in [0.2, 0.25) is 0 Å². The van der Waals surface area contributed by atoms with E-state index in [9.17, 15) is 14.9 Å². The summed E-state index contributed by atoms with van der Waals surface area (Å²) < 4.78 is 13.5. The van der Waals surface area contributed by atoms with Crippen LogP contribution in [0.25, 0.3) is 33.1 Å². The fraction of sp³-hybridized carbons (Fsp3) is 0.184. The van der Waals surface area contributed by atoms with Crippen molar-refractivity contribution in [1.29, 1.82) is 0 Å². The zero-order chi connectivity index (χ0) is 33.1. The number of aryl methyl sites for hydroxylation is 1. The molecule has 0 aliphatic heterocycles. The average Bonchev–Trinajstić information content (AvgIpc) is 3.07. The van der Waals surface area contributed by atoms with Crippen LogP contribution in [0.5, 0.6) is 11.5 Å². The highest BCUT2D eigenvalue weighted by Crippen LogP contribution is 2.35. The monoisotopic (exact) mass is 626 g/mol. The number of para-hydroxylation sites is 1. The van der Waals surface area contributed by atoms with Crippen molar-refractivity contribution < 1.29 is 14.4 Å². The number of benzene rings is 5. The normalized spacial score (nSPS) is 11.5. The highest BCUT2D eigenvalue weighted by Gasteiger charge is 2.19. The lowest BCUT2D eigenvalue weighted by Gasteiger charge is -2.18. The Morgan fingerprint density at radius 3 is 2.45 bits per heavy atom. The predicted octanol–water partition coefficient (Wildman–Crippen LogP) is 8.42. The van der Waals surface area contributed by atoms with Gasteiger partial charge in [0.05, 0.1) is 28.6 Å². The first-order valence-electron chi connectivity index (χ1n) is 15.5. The first-order valence-corrected chi connectivity index (χ1v) is 15.5. The Kier molecular flexibility index (Phi) is 8.79. The Morgan fingerprint density at radius 2 is 1.68 bits per heavy atom. The van der Waals surface area contributed by atoms with Crippen LogP contribution in [0, 0.1) is 17.0 Å². The molecule has 1 heterocycles. The quantitative estimate of drug-likeness (QED) is 0.0858. The zero-order valence-corrected chi connectivity index (χ0v) is 26.6. The van der Waals surface area contributed by atoms with Crippen molar-refractivity contribution in [1.82, 2.24) is 9.66 Å². The number of fused-ring (bicyclic) bond motifs is 2. The summed E-state index contributed by atoms with van der Waals surface area (Å²) in [6, 6.07) is 29.2. The summed E-state index contributed by atoms with van der Waals surface area (Å²) in [5, 5.41) is 18.4. The minimum Gasteiger partial charge on any atom is -0.494 e. The number of non-ortho nitro benzene ring substituents is 1. The predicted molar refractivity (Wildman–Crippen MR) is 186 cm³/mol. The Hall–Kier alpha value is -5.83. The maximum atomic E-state index is 14.1. The molecule has 0 atom stereocenters. The Bertz CT molecular complexity index is 2220. The average molecular weight is 627 g/mol. The topological polar surface area (TPSA) is 109 Å².